The number of hydrogen-bond acceptors (Lipinski definition) is 3. The molecule has 1 saturated heterocycles. The average Bonchev–Trinajstić information content (AvgIpc) is 2.67. The second-order valence-electron chi connectivity index (χ2n) is 4.88. The summed E-state index contributed by atoms with van der Waals surface area (Å²) < 4.78 is 5.22. The van der Waals surface area contributed by atoms with E-state index < -0.39 is 0 Å². The molecule has 3 unspecified atom stereocenters. The smallest absolute Gasteiger partial charge is 0.0503 e. The molecule has 0 aromatic rings. The van der Waals surface area contributed by atoms with Crippen molar-refractivity contribution in [2.24, 2.45) is 5.92 Å². The van der Waals surface area contributed by atoms with Crippen molar-refractivity contribution in [3.8, 4) is 0 Å². The van der Waals surface area contributed by atoms with E-state index in [1.165, 1.54) is 25.9 Å². The van der Waals surface area contributed by atoms with Gasteiger partial charge in [-0.2, -0.15) is 0 Å². The maximum absolute atomic E-state index is 5.22. The van der Waals surface area contributed by atoms with E-state index in [1.807, 2.05) is 7.05 Å². The van der Waals surface area contributed by atoms with Crippen LogP contribution in [0.4, 0.5) is 0 Å². The van der Waals surface area contributed by atoms with E-state index in [0.717, 1.165) is 12.5 Å². The summed E-state index contributed by atoms with van der Waals surface area (Å²) >= 11 is 0. The predicted octanol–water partition coefficient (Wildman–Crippen LogP) is 1.34. The molecule has 0 aromatic heterocycles. The molecule has 1 rings (SSSR count). The standard InChI is InChI=1S/C12H26N2O/c1-10(13-3)7-11(2)14-6-5-12(8-14)9-15-4/h10-13H,5-9H2,1-4H3. The third-order valence-corrected chi connectivity index (χ3v) is 3.53. The molecular formula is C12H26N2O. The minimum Gasteiger partial charge on any atom is -0.384 e. The summed E-state index contributed by atoms with van der Waals surface area (Å²) in [6.07, 6.45) is 2.53. The monoisotopic (exact) mass is 214 g/mol. The van der Waals surface area contributed by atoms with Gasteiger partial charge in [0.15, 0.2) is 0 Å². The summed E-state index contributed by atoms with van der Waals surface area (Å²) in [5.41, 5.74) is 0. The van der Waals surface area contributed by atoms with Crippen LogP contribution in [0.15, 0.2) is 0 Å². The lowest BCUT2D eigenvalue weighted by Gasteiger charge is -2.26. The van der Waals surface area contributed by atoms with Gasteiger partial charge in [0.1, 0.15) is 0 Å². The maximum Gasteiger partial charge on any atom is 0.0503 e. The molecule has 0 aliphatic carbocycles. The van der Waals surface area contributed by atoms with Gasteiger partial charge in [0.25, 0.3) is 0 Å². The summed E-state index contributed by atoms with van der Waals surface area (Å²) in [5, 5.41) is 3.30. The van der Waals surface area contributed by atoms with E-state index >= 15 is 0 Å². The fourth-order valence-electron chi connectivity index (χ4n) is 2.41. The van der Waals surface area contributed by atoms with E-state index in [4.69, 9.17) is 4.74 Å². The van der Waals surface area contributed by atoms with Crippen LogP contribution in [0, 0.1) is 5.92 Å². The molecule has 0 bridgehead atoms. The summed E-state index contributed by atoms with van der Waals surface area (Å²) in [7, 11) is 3.84. The quantitative estimate of drug-likeness (QED) is 0.722. The van der Waals surface area contributed by atoms with Crippen molar-refractivity contribution in [2.75, 3.05) is 33.9 Å². The van der Waals surface area contributed by atoms with E-state index in [2.05, 4.69) is 24.1 Å². The summed E-state index contributed by atoms with van der Waals surface area (Å²) in [4.78, 5) is 2.59. The van der Waals surface area contributed by atoms with Crippen molar-refractivity contribution in [1.29, 1.82) is 0 Å². The van der Waals surface area contributed by atoms with Gasteiger partial charge in [0.2, 0.25) is 0 Å². The fraction of sp³-hybridized carbons (Fsp3) is 1.00. The van der Waals surface area contributed by atoms with Gasteiger partial charge < -0.3 is 15.0 Å². The molecule has 3 atom stereocenters. The van der Waals surface area contributed by atoms with Gasteiger partial charge in [-0.15, -0.1) is 0 Å². The minimum absolute atomic E-state index is 0.612. The molecule has 0 aromatic carbocycles. The highest BCUT2D eigenvalue weighted by molar-refractivity contribution is 4.81. The molecule has 0 radical (unpaired) electrons. The molecule has 1 aliphatic rings. The molecule has 0 spiro atoms. The Bertz CT molecular complexity index is 175. The van der Waals surface area contributed by atoms with E-state index in [9.17, 15) is 0 Å². The molecule has 1 heterocycles. The molecule has 15 heavy (non-hydrogen) atoms. The van der Waals surface area contributed by atoms with E-state index in [-0.39, 0.29) is 0 Å². The first-order valence-electron chi connectivity index (χ1n) is 6.07. The van der Waals surface area contributed by atoms with Gasteiger partial charge in [-0.25, -0.2) is 0 Å². The first-order chi connectivity index (χ1) is 7.17. The van der Waals surface area contributed by atoms with Crippen LogP contribution in [0.5, 0.6) is 0 Å². The Labute approximate surface area is 94.2 Å². The Hall–Kier alpha value is -0.120. The molecule has 3 heteroatoms. The highest BCUT2D eigenvalue weighted by Crippen LogP contribution is 2.20. The zero-order chi connectivity index (χ0) is 11.3. The SMILES string of the molecule is CNC(C)CC(C)N1CCC(COC)C1. The Kier molecular flexibility index (Phi) is 5.58. The Morgan fingerprint density at radius 3 is 2.80 bits per heavy atom. The fourth-order valence-corrected chi connectivity index (χ4v) is 2.41. The van der Waals surface area contributed by atoms with Gasteiger partial charge in [-0.1, -0.05) is 0 Å². The van der Waals surface area contributed by atoms with Crippen molar-refractivity contribution < 1.29 is 4.74 Å². The maximum atomic E-state index is 5.22. The normalized spacial score (nSPS) is 26.8. The van der Waals surface area contributed by atoms with E-state index in [0.29, 0.717) is 12.1 Å². The lowest BCUT2D eigenvalue weighted by atomic mass is 10.1. The average molecular weight is 214 g/mol. The van der Waals surface area contributed by atoms with Crippen LogP contribution in [-0.2, 0) is 4.74 Å². The van der Waals surface area contributed by atoms with Crippen LogP contribution in [0.25, 0.3) is 0 Å². The summed E-state index contributed by atoms with van der Waals surface area (Å²) in [6.45, 7) is 7.96. The molecule has 0 amide bonds. The number of ether oxygens (including phenoxy) is 1. The Balaban J connectivity index is 2.26. The van der Waals surface area contributed by atoms with Crippen LogP contribution in [0.1, 0.15) is 26.7 Å². The van der Waals surface area contributed by atoms with Crippen molar-refractivity contribution in [2.45, 2.75) is 38.8 Å². The molecule has 90 valence electrons. The molecule has 1 fully saturated rings. The summed E-state index contributed by atoms with van der Waals surface area (Å²) in [5.74, 6) is 0.752. The second kappa shape index (κ2) is 6.46. The van der Waals surface area contributed by atoms with Crippen LogP contribution in [0.3, 0.4) is 0 Å². The number of likely N-dealkylation sites (tertiary alicyclic amines) is 1. The van der Waals surface area contributed by atoms with Gasteiger partial charge in [0.05, 0.1) is 6.61 Å². The highest BCUT2D eigenvalue weighted by atomic mass is 16.5. The number of nitrogens with one attached hydrogen (secondary N) is 1. The molecule has 1 N–H and O–H groups in total. The lowest BCUT2D eigenvalue weighted by molar-refractivity contribution is 0.146. The Morgan fingerprint density at radius 2 is 2.20 bits per heavy atom. The summed E-state index contributed by atoms with van der Waals surface area (Å²) in [6, 6.07) is 1.30. The van der Waals surface area contributed by atoms with Crippen LogP contribution in [-0.4, -0.2) is 50.8 Å². The molecule has 3 nitrogen and oxygen atoms in total. The second-order valence-corrected chi connectivity index (χ2v) is 4.88. The number of rotatable bonds is 6. The first-order valence-corrected chi connectivity index (χ1v) is 6.07. The highest BCUT2D eigenvalue weighted by Gasteiger charge is 2.26. The van der Waals surface area contributed by atoms with Crippen molar-refractivity contribution in [3.63, 3.8) is 0 Å². The van der Waals surface area contributed by atoms with Gasteiger partial charge in [-0.05, 0) is 46.2 Å². The number of hydrogen-bond donors (Lipinski definition) is 1. The Morgan fingerprint density at radius 1 is 1.47 bits per heavy atom. The van der Waals surface area contributed by atoms with Crippen LogP contribution in [0.2, 0.25) is 0 Å². The lowest BCUT2D eigenvalue weighted by Crippen LogP contribution is -2.36. The molecule has 0 saturated carbocycles. The largest absolute Gasteiger partial charge is 0.384 e. The van der Waals surface area contributed by atoms with Crippen molar-refractivity contribution in [1.82, 2.24) is 10.2 Å². The molecule has 1 aliphatic heterocycles. The number of methoxy groups -OCH3 is 1. The van der Waals surface area contributed by atoms with Crippen molar-refractivity contribution >= 4 is 0 Å². The van der Waals surface area contributed by atoms with Gasteiger partial charge in [0, 0.05) is 25.7 Å². The third-order valence-electron chi connectivity index (χ3n) is 3.53. The zero-order valence-corrected chi connectivity index (χ0v) is 10.6. The predicted molar refractivity (Wildman–Crippen MR) is 64.2 cm³/mol. The van der Waals surface area contributed by atoms with E-state index in [1.54, 1.807) is 7.11 Å². The first kappa shape index (κ1) is 12.9. The van der Waals surface area contributed by atoms with Gasteiger partial charge >= 0.3 is 0 Å². The van der Waals surface area contributed by atoms with Crippen LogP contribution >= 0.6 is 0 Å². The third kappa shape index (κ3) is 4.09. The molecular weight excluding hydrogens is 188 g/mol. The van der Waals surface area contributed by atoms with Gasteiger partial charge in [-0.3, -0.25) is 0 Å². The van der Waals surface area contributed by atoms with Crippen LogP contribution < -0.4 is 5.32 Å². The number of nitrogens with zero attached hydrogens (tertiary/aromatic N) is 1. The van der Waals surface area contributed by atoms with Crippen molar-refractivity contribution in [3.05, 3.63) is 0 Å². The topological polar surface area (TPSA) is 24.5 Å². The zero-order valence-electron chi connectivity index (χ0n) is 10.6. The minimum atomic E-state index is 0.612.